The maximum absolute atomic E-state index is 13.0. The number of carbonyl (C=O) groups is 2. The van der Waals surface area contributed by atoms with Crippen molar-refractivity contribution in [2.24, 2.45) is 0 Å². The summed E-state index contributed by atoms with van der Waals surface area (Å²) in [6.07, 6.45) is 0.835. The van der Waals surface area contributed by atoms with Gasteiger partial charge in [-0.15, -0.1) is 0 Å². The van der Waals surface area contributed by atoms with Gasteiger partial charge in [0.05, 0.1) is 12.2 Å². The summed E-state index contributed by atoms with van der Waals surface area (Å²) in [5.41, 5.74) is 1.22. The van der Waals surface area contributed by atoms with Gasteiger partial charge >= 0.3 is 0 Å². The molecule has 0 N–H and O–H groups in total. The normalized spacial score (nSPS) is 14.5. The molecule has 2 aromatic carbocycles. The fourth-order valence-corrected chi connectivity index (χ4v) is 3.64. The fourth-order valence-electron chi connectivity index (χ4n) is 3.64. The van der Waals surface area contributed by atoms with Crippen LogP contribution >= 0.6 is 0 Å². The zero-order valence-corrected chi connectivity index (χ0v) is 18.8. The van der Waals surface area contributed by atoms with E-state index < -0.39 is 0 Å². The van der Waals surface area contributed by atoms with Crippen LogP contribution in [0.15, 0.2) is 48.5 Å². The standard InChI is InChI=1S/C25H32N2O4/c1-18(2)30-22-10-5-8-20(16-22)24(28)26-12-7-13-27(15-14-26)25(29)21-9-6-11-23(17-21)31-19(3)4/h5-6,8-11,16-19H,7,12-15H2,1-4H3. The maximum Gasteiger partial charge on any atom is 0.254 e. The summed E-state index contributed by atoms with van der Waals surface area (Å²) in [6.45, 7) is 10.1. The van der Waals surface area contributed by atoms with Crippen LogP contribution < -0.4 is 9.47 Å². The lowest BCUT2D eigenvalue weighted by molar-refractivity contribution is 0.0718. The summed E-state index contributed by atoms with van der Waals surface area (Å²) >= 11 is 0. The molecule has 0 atom stereocenters. The molecule has 0 aromatic heterocycles. The van der Waals surface area contributed by atoms with Gasteiger partial charge in [-0.1, -0.05) is 12.1 Å². The molecule has 1 fully saturated rings. The molecule has 1 saturated heterocycles. The third kappa shape index (κ3) is 6.23. The lowest BCUT2D eigenvalue weighted by Gasteiger charge is -2.23. The lowest BCUT2D eigenvalue weighted by Crippen LogP contribution is -2.37. The van der Waals surface area contributed by atoms with Crippen molar-refractivity contribution in [3.8, 4) is 11.5 Å². The van der Waals surface area contributed by atoms with E-state index in [1.165, 1.54) is 0 Å². The van der Waals surface area contributed by atoms with Crippen molar-refractivity contribution in [2.75, 3.05) is 26.2 Å². The van der Waals surface area contributed by atoms with E-state index in [2.05, 4.69) is 0 Å². The molecule has 2 aromatic rings. The molecule has 0 bridgehead atoms. The molecule has 6 nitrogen and oxygen atoms in total. The Kier molecular flexibility index (Phi) is 7.55. The van der Waals surface area contributed by atoms with Gasteiger partial charge < -0.3 is 19.3 Å². The van der Waals surface area contributed by atoms with Gasteiger partial charge in [-0.3, -0.25) is 9.59 Å². The second kappa shape index (κ2) is 10.3. The maximum atomic E-state index is 13.0. The summed E-state index contributed by atoms with van der Waals surface area (Å²) in [7, 11) is 0. The Morgan fingerprint density at radius 2 is 1.13 bits per heavy atom. The van der Waals surface area contributed by atoms with E-state index in [0.717, 1.165) is 6.42 Å². The molecule has 1 aliphatic rings. The van der Waals surface area contributed by atoms with Crippen LogP contribution in [0.3, 0.4) is 0 Å². The molecule has 0 saturated carbocycles. The Hall–Kier alpha value is -3.02. The van der Waals surface area contributed by atoms with Crippen LogP contribution in [0.5, 0.6) is 11.5 Å². The predicted octanol–water partition coefficient (Wildman–Crippen LogP) is 4.25. The minimum absolute atomic E-state index is 0.0316. The number of ether oxygens (including phenoxy) is 2. The van der Waals surface area contributed by atoms with E-state index in [1.54, 1.807) is 12.1 Å². The first-order valence-electron chi connectivity index (χ1n) is 11.0. The highest BCUT2D eigenvalue weighted by atomic mass is 16.5. The number of nitrogens with zero attached hydrogens (tertiary/aromatic N) is 2. The van der Waals surface area contributed by atoms with E-state index in [0.29, 0.717) is 48.8 Å². The van der Waals surface area contributed by atoms with E-state index in [9.17, 15) is 9.59 Å². The van der Waals surface area contributed by atoms with Crippen LogP contribution in [0.2, 0.25) is 0 Å². The van der Waals surface area contributed by atoms with Gasteiger partial charge in [0.25, 0.3) is 11.8 Å². The zero-order chi connectivity index (χ0) is 22.4. The van der Waals surface area contributed by atoms with Gasteiger partial charge in [0.2, 0.25) is 0 Å². The smallest absolute Gasteiger partial charge is 0.254 e. The first kappa shape index (κ1) is 22.7. The number of hydrogen-bond donors (Lipinski definition) is 0. The number of benzene rings is 2. The summed E-state index contributed by atoms with van der Waals surface area (Å²) < 4.78 is 11.4. The molecule has 6 heteroatoms. The van der Waals surface area contributed by atoms with Crippen molar-refractivity contribution in [1.82, 2.24) is 9.80 Å². The molecule has 1 heterocycles. The molecule has 0 radical (unpaired) electrons. The largest absolute Gasteiger partial charge is 0.491 e. The van der Waals surface area contributed by atoms with E-state index in [4.69, 9.17) is 9.47 Å². The molecule has 1 aliphatic heterocycles. The molecule has 166 valence electrons. The monoisotopic (exact) mass is 424 g/mol. The first-order chi connectivity index (χ1) is 14.8. The van der Waals surface area contributed by atoms with Crippen molar-refractivity contribution in [2.45, 2.75) is 46.3 Å². The lowest BCUT2D eigenvalue weighted by atomic mass is 10.2. The van der Waals surface area contributed by atoms with Crippen LogP contribution in [-0.2, 0) is 0 Å². The average Bonchev–Trinajstić information content (AvgIpc) is 2.98. The molecular formula is C25H32N2O4. The molecule has 31 heavy (non-hydrogen) atoms. The third-order valence-electron chi connectivity index (χ3n) is 4.98. The SMILES string of the molecule is CC(C)Oc1cccc(C(=O)N2CCCN(C(=O)c3cccc(OC(C)C)c3)CC2)c1. The van der Waals surface area contributed by atoms with Crippen LogP contribution in [0.1, 0.15) is 54.8 Å². The fraction of sp³-hybridized carbons (Fsp3) is 0.440. The summed E-state index contributed by atoms with van der Waals surface area (Å²) in [5, 5.41) is 0. The average molecular weight is 425 g/mol. The van der Waals surface area contributed by atoms with Gasteiger partial charge in [0.15, 0.2) is 0 Å². The minimum Gasteiger partial charge on any atom is -0.491 e. The number of amides is 2. The predicted molar refractivity (Wildman–Crippen MR) is 121 cm³/mol. The van der Waals surface area contributed by atoms with E-state index >= 15 is 0 Å². The van der Waals surface area contributed by atoms with Crippen LogP contribution in [0.25, 0.3) is 0 Å². The summed E-state index contributed by atoms with van der Waals surface area (Å²) in [4.78, 5) is 29.7. The molecular weight excluding hydrogens is 392 g/mol. The Bertz CT molecular complexity index is 836. The van der Waals surface area contributed by atoms with Gasteiger partial charge in [0, 0.05) is 37.3 Å². The second-order valence-electron chi connectivity index (χ2n) is 8.33. The quantitative estimate of drug-likeness (QED) is 0.696. The van der Waals surface area contributed by atoms with Gasteiger partial charge in [-0.05, 0) is 70.5 Å². The second-order valence-corrected chi connectivity index (χ2v) is 8.33. The molecule has 3 rings (SSSR count). The number of rotatable bonds is 6. The van der Waals surface area contributed by atoms with Crippen LogP contribution in [-0.4, -0.2) is 60.0 Å². The highest BCUT2D eigenvalue weighted by molar-refractivity contribution is 5.96. The molecule has 2 amide bonds. The summed E-state index contributed by atoms with van der Waals surface area (Å²) in [5.74, 6) is 1.32. The van der Waals surface area contributed by atoms with Crippen molar-refractivity contribution >= 4 is 11.8 Å². The van der Waals surface area contributed by atoms with Crippen LogP contribution in [0, 0.1) is 0 Å². The Balaban J connectivity index is 1.65. The van der Waals surface area contributed by atoms with Gasteiger partial charge in [-0.25, -0.2) is 0 Å². The topological polar surface area (TPSA) is 59.1 Å². The number of hydrogen-bond acceptors (Lipinski definition) is 4. The minimum atomic E-state index is -0.0316. The van der Waals surface area contributed by atoms with Crippen molar-refractivity contribution in [1.29, 1.82) is 0 Å². The van der Waals surface area contributed by atoms with Crippen molar-refractivity contribution in [3.63, 3.8) is 0 Å². The van der Waals surface area contributed by atoms with Gasteiger partial charge in [-0.2, -0.15) is 0 Å². The summed E-state index contributed by atoms with van der Waals surface area (Å²) in [6, 6.07) is 14.6. The van der Waals surface area contributed by atoms with Crippen molar-refractivity contribution < 1.29 is 19.1 Å². The zero-order valence-electron chi connectivity index (χ0n) is 18.8. The molecule has 0 unspecified atom stereocenters. The highest BCUT2D eigenvalue weighted by Gasteiger charge is 2.24. The van der Waals surface area contributed by atoms with E-state index in [1.807, 2.05) is 73.9 Å². The Labute approximate surface area is 184 Å². The molecule has 0 aliphatic carbocycles. The van der Waals surface area contributed by atoms with E-state index in [-0.39, 0.29) is 24.0 Å². The number of carbonyl (C=O) groups excluding carboxylic acids is 2. The van der Waals surface area contributed by atoms with Gasteiger partial charge in [0.1, 0.15) is 11.5 Å². The Morgan fingerprint density at radius 3 is 1.52 bits per heavy atom. The highest BCUT2D eigenvalue weighted by Crippen LogP contribution is 2.19. The first-order valence-corrected chi connectivity index (χ1v) is 11.0. The Morgan fingerprint density at radius 1 is 0.710 bits per heavy atom. The van der Waals surface area contributed by atoms with Crippen molar-refractivity contribution in [3.05, 3.63) is 59.7 Å². The van der Waals surface area contributed by atoms with Crippen LogP contribution in [0.4, 0.5) is 0 Å². The third-order valence-corrected chi connectivity index (χ3v) is 4.98. The molecule has 0 spiro atoms.